The maximum absolute atomic E-state index is 11.5. The lowest BCUT2D eigenvalue weighted by Gasteiger charge is -2.14. The molecule has 0 aliphatic carbocycles. The van der Waals surface area contributed by atoms with Crippen LogP contribution in [0.2, 0.25) is 5.02 Å². The van der Waals surface area contributed by atoms with Crippen LogP contribution in [0, 0.1) is 0 Å². The highest BCUT2D eigenvalue weighted by molar-refractivity contribution is 6.30. The van der Waals surface area contributed by atoms with E-state index in [0.29, 0.717) is 22.4 Å². The second kappa shape index (κ2) is 6.44. The second-order valence-electron chi connectivity index (χ2n) is 5.52. The Hall–Kier alpha value is -3.07. The lowest BCUT2D eigenvalue weighted by molar-refractivity contribution is 0.100. The van der Waals surface area contributed by atoms with E-state index < -0.39 is 5.91 Å². The summed E-state index contributed by atoms with van der Waals surface area (Å²) in [4.78, 5) is 20.0. The van der Waals surface area contributed by atoms with Crippen molar-refractivity contribution >= 4 is 40.5 Å². The fourth-order valence-corrected chi connectivity index (χ4v) is 2.35. The highest BCUT2D eigenvalue weighted by Gasteiger charge is 2.15. The molecule has 1 amide bonds. The average molecular weight is 362 g/mol. The van der Waals surface area contributed by atoms with Crippen LogP contribution in [0.15, 0.2) is 24.5 Å². The number of hydrogen-bond donors (Lipinski definition) is 3. The van der Waals surface area contributed by atoms with Crippen LogP contribution >= 0.6 is 11.6 Å². The molecule has 0 aliphatic rings. The molecule has 25 heavy (non-hydrogen) atoms. The fourth-order valence-electron chi connectivity index (χ4n) is 2.20. The SMILES string of the molecule is CC(C)Oc1ncc(Cl)cc1Nc1cc(N)n2ncc(C(N)=O)c2n1. The predicted molar refractivity (Wildman–Crippen MR) is 94.2 cm³/mol. The van der Waals surface area contributed by atoms with Crippen LogP contribution in [0.25, 0.3) is 5.65 Å². The lowest BCUT2D eigenvalue weighted by atomic mass is 10.3. The molecule has 3 aromatic rings. The number of carbonyl (C=O) groups is 1. The molecule has 9 nitrogen and oxygen atoms in total. The molecule has 0 unspecified atom stereocenters. The highest BCUT2D eigenvalue weighted by atomic mass is 35.5. The maximum atomic E-state index is 11.5. The van der Waals surface area contributed by atoms with Crippen molar-refractivity contribution in [3.05, 3.63) is 35.1 Å². The van der Waals surface area contributed by atoms with Gasteiger partial charge in [-0.15, -0.1) is 0 Å². The number of hydrogen-bond acceptors (Lipinski definition) is 7. The summed E-state index contributed by atoms with van der Waals surface area (Å²) in [5, 5.41) is 7.48. The zero-order valence-corrected chi connectivity index (χ0v) is 14.3. The van der Waals surface area contributed by atoms with E-state index in [0.717, 1.165) is 0 Å². The highest BCUT2D eigenvalue weighted by Crippen LogP contribution is 2.29. The number of pyridine rings is 1. The van der Waals surface area contributed by atoms with Gasteiger partial charge in [-0.1, -0.05) is 11.6 Å². The van der Waals surface area contributed by atoms with Gasteiger partial charge in [0, 0.05) is 12.3 Å². The van der Waals surface area contributed by atoms with Gasteiger partial charge >= 0.3 is 0 Å². The van der Waals surface area contributed by atoms with Gasteiger partial charge in [0.15, 0.2) is 5.65 Å². The number of nitrogens with zero attached hydrogens (tertiary/aromatic N) is 4. The molecule has 0 aliphatic heterocycles. The fraction of sp³-hybridized carbons (Fsp3) is 0.200. The molecule has 0 bridgehead atoms. The molecule has 3 rings (SSSR count). The van der Waals surface area contributed by atoms with Gasteiger partial charge in [0.25, 0.3) is 5.91 Å². The largest absolute Gasteiger partial charge is 0.473 e. The average Bonchev–Trinajstić information content (AvgIpc) is 2.94. The number of anilines is 3. The summed E-state index contributed by atoms with van der Waals surface area (Å²) in [7, 11) is 0. The van der Waals surface area contributed by atoms with Crippen molar-refractivity contribution in [2.24, 2.45) is 5.73 Å². The minimum Gasteiger partial charge on any atom is -0.473 e. The minimum atomic E-state index is -0.646. The number of halogens is 1. The van der Waals surface area contributed by atoms with Crippen LogP contribution in [0.3, 0.4) is 0 Å². The number of aromatic nitrogens is 4. The third-order valence-corrected chi connectivity index (χ3v) is 3.40. The molecular weight excluding hydrogens is 346 g/mol. The summed E-state index contributed by atoms with van der Waals surface area (Å²) in [6.45, 7) is 3.77. The third-order valence-electron chi connectivity index (χ3n) is 3.19. The van der Waals surface area contributed by atoms with Crippen LogP contribution in [-0.2, 0) is 0 Å². The molecule has 0 fully saturated rings. The molecule has 10 heteroatoms. The lowest BCUT2D eigenvalue weighted by Crippen LogP contribution is -2.12. The number of carbonyl (C=O) groups excluding carboxylic acids is 1. The topological polar surface area (TPSA) is 133 Å². The van der Waals surface area contributed by atoms with E-state index in [1.54, 1.807) is 12.1 Å². The van der Waals surface area contributed by atoms with Gasteiger partial charge in [0.2, 0.25) is 5.88 Å². The number of amides is 1. The normalized spacial score (nSPS) is 11.0. The summed E-state index contributed by atoms with van der Waals surface area (Å²) in [5.41, 5.74) is 12.2. The van der Waals surface area contributed by atoms with Gasteiger partial charge in [-0.05, 0) is 19.9 Å². The van der Waals surface area contributed by atoms with Crippen LogP contribution < -0.4 is 21.5 Å². The molecule has 0 atom stereocenters. The quantitative estimate of drug-likeness (QED) is 0.632. The van der Waals surface area contributed by atoms with Crippen molar-refractivity contribution in [3.8, 4) is 5.88 Å². The van der Waals surface area contributed by atoms with Crippen molar-refractivity contribution in [2.75, 3.05) is 11.1 Å². The van der Waals surface area contributed by atoms with E-state index in [9.17, 15) is 4.79 Å². The summed E-state index contributed by atoms with van der Waals surface area (Å²) in [6.07, 6.45) is 2.72. The van der Waals surface area contributed by atoms with Gasteiger partial charge < -0.3 is 21.5 Å². The van der Waals surface area contributed by atoms with Crippen molar-refractivity contribution in [2.45, 2.75) is 20.0 Å². The van der Waals surface area contributed by atoms with E-state index in [1.165, 1.54) is 16.9 Å². The number of nitrogen functional groups attached to an aromatic ring is 1. The van der Waals surface area contributed by atoms with Gasteiger partial charge in [0.05, 0.1) is 17.3 Å². The molecule has 3 heterocycles. The maximum Gasteiger partial charge on any atom is 0.254 e. The Morgan fingerprint density at radius 2 is 2.12 bits per heavy atom. The summed E-state index contributed by atoms with van der Waals surface area (Å²) < 4.78 is 6.98. The molecule has 0 saturated heterocycles. The van der Waals surface area contributed by atoms with Crippen LogP contribution in [0.4, 0.5) is 17.3 Å². The molecule has 0 saturated carbocycles. The zero-order valence-electron chi connectivity index (χ0n) is 13.5. The van der Waals surface area contributed by atoms with Crippen LogP contribution in [-0.4, -0.2) is 31.6 Å². The minimum absolute atomic E-state index is 0.0778. The predicted octanol–water partition coefficient (Wildman–Crippen LogP) is 1.99. The Morgan fingerprint density at radius 1 is 1.36 bits per heavy atom. The van der Waals surface area contributed by atoms with Crippen LogP contribution in [0.1, 0.15) is 24.2 Å². The molecule has 0 aromatic carbocycles. The molecule has 130 valence electrons. The summed E-state index contributed by atoms with van der Waals surface area (Å²) >= 11 is 6.02. The second-order valence-corrected chi connectivity index (χ2v) is 5.96. The van der Waals surface area contributed by atoms with Crippen molar-refractivity contribution in [1.82, 2.24) is 19.6 Å². The zero-order chi connectivity index (χ0) is 18.1. The Balaban J connectivity index is 2.05. The van der Waals surface area contributed by atoms with Gasteiger partial charge in [-0.2, -0.15) is 9.61 Å². The molecule has 0 radical (unpaired) electrons. The van der Waals surface area contributed by atoms with Gasteiger partial charge in [-0.25, -0.2) is 9.97 Å². The number of nitrogens with two attached hydrogens (primary N) is 2. The third kappa shape index (κ3) is 3.41. The first kappa shape index (κ1) is 16.8. The van der Waals surface area contributed by atoms with Crippen LogP contribution in [0.5, 0.6) is 5.88 Å². The Kier molecular flexibility index (Phi) is 4.32. The first-order chi connectivity index (χ1) is 11.8. The van der Waals surface area contributed by atoms with Crippen molar-refractivity contribution in [3.63, 3.8) is 0 Å². The smallest absolute Gasteiger partial charge is 0.254 e. The van der Waals surface area contributed by atoms with Crippen molar-refractivity contribution in [1.29, 1.82) is 0 Å². The van der Waals surface area contributed by atoms with E-state index >= 15 is 0 Å². The number of nitrogens with one attached hydrogen (secondary N) is 1. The molecular formula is C15H16ClN7O2. The van der Waals surface area contributed by atoms with Gasteiger partial charge in [0.1, 0.15) is 22.9 Å². The standard InChI is InChI=1S/C15H16ClN7O2/c1-7(2)25-15-10(3-8(16)5-19-15)21-12-4-11(17)23-14(22-12)9(6-20-23)13(18)24/h3-7H,17H2,1-2H3,(H2,18,24)(H,21,22). The van der Waals surface area contributed by atoms with E-state index in [-0.39, 0.29) is 23.1 Å². The molecule has 5 N–H and O–H groups in total. The summed E-state index contributed by atoms with van der Waals surface area (Å²) in [6, 6.07) is 3.21. The number of primary amides is 1. The number of ether oxygens (including phenoxy) is 1. The Labute approximate surface area is 148 Å². The summed E-state index contributed by atoms with van der Waals surface area (Å²) in [5.74, 6) is 0.363. The van der Waals surface area contributed by atoms with E-state index in [1.807, 2.05) is 13.8 Å². The number of rotatable bonds is 5. The molecule has 3 aromatic heterocycles. The van der Waals surface area contributed by atoms with E-state index in [2.05, 4.69) is 20.4 Å². The Bertz CT molecular complexity index is 954. The first-order valence-corrected chi connectivity index (χ1v) is 7.76. The van der Waals surface area contributed by atoms with Crippen molar-refractivity contribution < 1.29 is 9.53 Å². The molecule has 0 spiro atoms. The monoisotopic (exact) mass is 361 g/mol. The Morgan fingerprint density at radius 3 is 2.80 bits per heavy atom. The van der Waals surface area contributed by atoms with E-state index in [4.69, 9.17) is 27.8 Å². The first-order valence-electron chi connectivity index (χ1n) is 7.38. The van der Waals surface area contributed by atoms with Gasteiger partial charge in [-0.3, -0.25) is 4.79 Å². The number of fused-ring (bicyclic) bond motifs is 1.